The van der Waals surface area contributed by atoms with Crippen molar-refractivity contribution in [2.24, 2.45) is 0 Å². The molecule has 0 fully saturated rings. The van der Waals surface area contributed by atoms with Crippen LogP contribution in [0.5, 0.6) is 0 Å². The van der Waals surface area contributed by atoms with Gasteiger partial charge in [0.25, 0.3) is 0 Å². The van der Waals surface area contributed by atoms with Gasteiger partial charge in [-0.3, -0.25) is 0 Å². The fraction of sp³-hybridized carbons (Fsp3) is 0.222. The summed E-state index contributed by atoms with van der Waals surface area (Å²) >= 11 is 0. The third-order valence-electron chi connectivity index (χ3n) is 1.25. The highest BCUT2D eigenvalue weighted by molar-refractivity contribution is 5.05. The number of rotatable bonds is 2. The molecule has 1 nitrogen and oxygen atoms in total. The highest BCUT2D eigenvalue weighted by Gasteiger charge is 1.86. The Bertz CT molecular complexity index is 201. The fourth-order valence-corrected chi connectivity index (χ4v) is 0.738. The van der Waals surface area contributed by atoms with E-state index in [0.29, 0.717) is 0 Å². The molecule has 0 spiro atoms. The minimum absolute atomic E-state index is 1.09. The molecular formula is C9H12N+. The lowest BCUT2D eigenvalue weighted by atomic mass is 10.4. The lowest BCUT2D eigenvalue weighted by Crippen LogP contribution is -2.23. The Morgan fingerprint density at radius 2 is 1.90 bits per heavy atom. The van der Waals surface area contributed by atoms with Crippen LogP contribution in [0.3, 0.4) is 0 Å². The first-order valence-electron chi connectivity index (χ1n) is 3.56. The van der Waals surface area contributed by atoms with E-state index in [1.807, 2.05) is 35.2 Å². The summed E-state index contributed by atoms with van der Waals surface area (Å²) in [7, 11) is 0. The van der Waals surface area contributed by atoms with Crippen LogP contribution < -0.4 is 4.57 Å². The van der Waals surface area contributed by atoms with Crippen LogP contribution in [-0.2, 0) is 0 Å². The van der Waals surface area contributed by atoms with E-state index in [4.69, 9.17) is 0 Å². The van der Waals surface area contributed by atoms with Crippen molar-refractivity contribution in [3.63, 3.8) is 0 Å². The summed E-state index contributed by atoms with van der Waals surface area (Å²) in [5.74, 6) is 0. The summed E-state index contributed by atoms with van der Waals surface area (Å²) in [6.07, 6.45) is 9.31. The van der Waals surface area contributed by atoms with Crippen LogP contribution in [0.1, 0.15) is 13.3 Å². The normalized spacial score (nSPS) is 10.5. The Morgan fingerprint density at radius 3 is 2.50 bits per heavy atom. The molecule has 1 aromatic rings. The lowest BCUT2D eigenvalue weighted by Gasteiger charge is -1.82. The molecule has 0 radical (unpaired) electrons. The van der Waals surface area contributed by atoms with Crippen molar-refractivity contribution < 1.29 is 4.57 Å². The second-order valence-electron chi connectivity index (χ2n) is 2.12. The van der Waals surface area contributed by atoms with E-state index in [0.717, 1.165) is 6.42 Å². The first kappa shape index (κ1) is 7.00. The summed E-state index contributed by atoms with van der Waals surface area (Å²) in [5.41, 5.74) is 0. The maximum absolute atomic E-state index is 2.12. The van der Waals surface area contributed by atoms with Gasteiger partial charge >= 0.3 is 0 Å². The SMILES string of the molecule is CC/C=C/[n+]1ccccc1. The molecule has 0 saturated carbocycles. The molecule has 0 saturated heterocycles. The van der Waals surface area contributed by atoms with E-state index in [2.05, 4.69) is 19.2 Å². The van der Waals surface area contributed by atoms with Crippen LogP contribution >= 0.6 is 0 Å². The monoisotopic (exact) mass is 134 g/mol. The number of pyridine rings is 1. The molecule has 1 heterocycles. The van der Waals surface area contributed by atoms with Gasteiger partial charge < -0.3 is 0 Å². The molecule has 52 valence electrons. The molecule has 0 amide bonds. The third-order valence-corrected chi connectivity index (χ3v) is 1.25. The average Bonchev–Trinajstić information content (AvgIpc) is 2.03. The smallest absolute Gasteiger partial charge is 0.174 e. The fourth-order valence-electron chi connectivity index (χ4n) is 0.738. The first-order chi connectivity index (χ1) is 4.93. The largest absolute Gasteiger partial charge is 0.174 e. The van der Waals surface area contributed by atoms with E-state index in [1.54, 1.807) is 0 Å². The molecule has 0 atom stereocenters. The van der Waals surface area contributed by atoms with E-state index >= 15 is 0 Å². The van der Waals surface area contributed by atoms with Crippen molar-refractivity contribution in [3.8, 4) is 0 Å². The molecular weight excluding hydrogens is 122 g/mol. The molecule has 0 aliphatic rings. The maximum atomic E-state index is 2.12. The zero-order chi connectivity index (χ0) is 7.23. The Morgan fingerprint density at radius 1 is 1.20 bits per heavy atom. The van der Waals surface area contributed by atoms with Crippen LogP contribution in [0, 0.1) is 0 Å². The van der Waals surface area contributed by atoms with Crippen LogP contribution in [0.4, 0.5) is 0 Å². The highest BCUT2D eigenvalue weighted by atomic mass is 14.9. The van der Waals surface area contributed by atoms with Crippen molar-refractivity contribution in [3.05, 3.63) is 36.7 Å². The summed E-state index contributed by atoms with van der Waals surface area (Å²) in [6, 6.07) is 6.04. The standard InChI is InChI=1S/C9H12N/c1-2-3-7-10-8-5-4-6-9-10/h3-9H,2H2,1H3/q+1/b7-3+. The predicted molar refractivity (Wildman–Crippen MR) is 42.3 cm³/mol. The van der Waals surface area contributed by atoms with E-state index < -0.39 is 0 Å². The molecule has 1 aromatic heterocycles. The van der Waals surface area contributed by atoms with Gasteiger partial charge in [0.2, 0.25) is 0 Å². The van der Waals surface area contributed by atoms with Crippen molar-refractivity contribution in [2.75, 3.05) is 0 Å². The van der Waals surface area contributed by atoms with Crippen LogP contribution in [0.15, 0.2) is 36.7 Å². The van der Waals surface area contributed by atoms with Gasteiger partial charge in [-0.25, -0.2) is 0 Å². The van der Waals surface area contributed by atoms with Crippen molar-refractivity contribution >= 4 is 6.20 Å². The van der Waals surface area contributed by atoms with Gasteiger partial charge in [0, 0.05) is 12.1 Å². The first-order valence-corrected chi connectivity index (χ1v) is 3.56. The number of nitrogens with zero attached hydrogens (tertiary/aromatic N) is 1. The zero-order valence-electron chi connectivity index (χ0n) is 6.20. The summed E-state index contributed by atoms with van der Waals surface area (Å²) in [5, 5.41) is 0. The average molecular weight is 134 g/mol. The van der Waals surface area contributed by atoms with Crippen molar-refractivity contribution in [2.45, 2.75) is 13.3 Å². The van der Waals surface area contributed by atoms with E-state index in [1.165, 1.54) is 0 Å². The Kier molecular flexibility index (Phi) is 2.68. The quantitative estimate of drug-likeness (QED) is 0.543. The van der Waals surface area contributed by atoms with Crippen LogP contribution in [0.2, 0.25) is 0 Å². The molecule has 0 aliphatic carbocycles. The minimum Gasteiger partial charge on any atom is -0.174 e. The predicted octanol–water partition coefficient (Wildman–Crippen LogP) is 1.85. The molecule has 0 aromatic carbocycles. The number of hydrogen-bond donors (Lipinski definition) is 0. The maximum Gasteiger partial charge on any atom is 0.174 e. The minimum atomic E-state index is 1.09. The zero-order valence-corrected chi connectivity index (χ0v) is 6.20. The van der Waals surface area contributed by atoms with Gasteiger partial charge in [-0.05, 0) is 12.5 Å². The van der Waals surface area contributed by atoms with Crippen molar-refractivity contribution in [1.29, 1.82) is 0 Å². The van der Waals surface area contributed by atoms with Gasteiger partial charge in [0.15, 0.2) is 18.6 Å². The Hall–Kier alpha value is -1.11. The summed E-state index contributed by atoms with van der Waals surface area (Å²) in [4.78, 5) is 0. The second-order valence-corrected chi connectivity index (χ2v) is 2.12. The molecule has 1 heteroatoms. The third kappa shape index (κ3) is 2.02. The Balaban J connectivity index is 2.67. The van der Waals surface area contributed by atoms with Gasteiger partial charge in [-0.1, -0.05) is 13.0 Å². The molecule has 0 bridgehead atoms. The molecule has 0 aliphatic heterocycles. The van der Waals surface area contributed by atoms with Crippen LogP contribution in [0.25, 0.3) is 6.20 Å². The van der Waals surface area contributed by atoms with Crippen LogP contribution in [-0.4, -0.2) is 0 Å². The molecule has 10 heavy (non-hydrogen) atoms. The lowest BCUT2D eigenvalue weighted by molar-refractivity contribution is -0.568. The van der Waals surface area contributed by atoms with E-state index in [-0.39, 0.29) is 0 Å². The number of hydrogen-bond acceptors (Lipinski definition) is 0. The van der Waals surface area contributed by atoms with Gasteiger partial charge in [0.05, 0.1) is 0 Å². The molecule has 1 rings (SSSR count). The molecule has 0 unspecified atom stereocenters. The summed E-state index contributed by atoms with van der Waals surface area (Å²) < 4.78 is 2.03. The van der Waals surface area contributed by atoms with Crippen molar-refractivity contribution in [1.82, 2.24) is 0 Å². The molecule has 0 N–H and O–H groups in total. The number of allylic oxidation sites excluding steroid dienone is 1. The number of aromatic nitrogens is 1. The van der Waals surface area contributed by atoms with E-state index in [9.17, 15) is 0 Å². The van der Waals surface area contributed by atoms with Gasteiger partial charge in [0.1, 0.15) is 0 Å². The summed E-state index contributed by atoms with van der Waals surface area (Å²) in [6.45, 7) is 2.12. The van der Waals surface area contributed by atoms with Gasteiger partial charge in [-0.2, -0.15) is 4.57 Å². The van der Waals surface area contributed by atoms with Gasteiger partial charge in [-0.15, -0.1) is 0 Å². The Labute approximate surface area is 61.6 Å². The highest BCUT2D eigenvalue weighted by Crippen LogP contribution is 1.80. The second kappa shape index (κ2) is 3.83. The topological polar surface area (TPSA) is 3.88 Å².